The van der Waals surface area contributed by atoms with Gasteiger partial charge < -0.3 is 15.2 Å². The number of amides is 1. The molecule has 2 aromatic carbocycles. The minimum Gasteiger partial charge on any atom is -0.504 e. The maximum Gasteiger partial charge on any atom is 0.264 e. The van der Waals surface area contributed by atoms with Gasteiger partial charge in [-0.15, -0.1) is 0 Å². The van der Waals surface area contributed by atoms with E-state index in [1.165, 1.54) is 18.9 Å². The van der Waals surface area contributed by atoms with Crippen LogP contribution in [0.15, 0.2) is 40.2 Å². The molecule has 1 heterocycles. The van der Waals surface area contributed by atoms with Crippen molar-refractivity contribution in [2.24, 2.45) is 4.99 Å². The van der Waals surface area contributed by atoms with Gasteiger partial charge in [-0.1, -0.05) is 11.6 Å². The van der Waals surface area contributed by atoms with Gasteiger partial charge in [0.25, 0.3) is 5.91 Å². The number of halogens is 2. The number of benzene rings is 2. The first kappa shape index (κ1) is 19.1. The minimum absolute atomic E-state index is 0.0826. The third kappa shape index (κ3) is 4.16. The van der Waals surface area contributed by atoms with E-state index in [9.17, 15) is 9.90 Å². The van der Waals surface area contributed by atoms with Crippen LogP contribution in [0.3, 0.4) is 0 Å². The molecule has 0 unspecified atom stereocenters. The molecule has 0 bridgehead atoms. The van der Waals surface area contributed by atoms with Crippen molar-refractivity contribution in [1.82, 2.24) is 5.32 Å². The van der Waals surface area contributed by atoms with Gasteiger partial charge in [0, 0.05) is 5.02 Å². The Bertz CT molecular complexity index is 960. The number of hydrogen-bond donors (Lipinski definition) is 2. The molecule has 1 fully saturated rings. The van der Waals surface area contributed by atoms with Crippen LogP contribution in [0, 0.1) is 10.5 Å². The Labute approximate surface area is 173 Å². The number of nitrogens with zero attached hydrogens (tertiary/aromatic N) is 1. The zero-order valence-electron chi connectivity index (χ0n) is 13.8. The van der Waals surface area contributed by atoms with E-state index in [-0.39, 0.29) is 11.7 Å². The van der Waals surface area contributed by atoms with Gasteiger partial charge in [0.15, 0.2) is 16.7 Å². The van der Waals surface area contributed by atoms with E-state index in [0.717, 1.165) is 16.8 Å². The maximum atomic E-state index is 12.2. The number of methoxy groups -OCH3 is 1. The molecule has 0 aromatic heterocycles. The number of carbonyl (C=O) groups is 1. The second kappa shape index (κ2) is 7.89. The number of rotatable bonds is 3. The zero-order valence-corrected chi connectivity index (χ0v) is 17.6. The molecule has 0 spiro atoms. The average Bonchev–Trinajstić information content (AvgIpc) is 2.92. The average molecular weight is 501 g/mol. The van der Waals surface area contributed by atoms with Gasteiger partial charge in [0.05, 0.1) is 21.3 Å². The number of thioether (sulfide) groups is 1. The van der Waals surface area contributed by atoms with Crippen LogP contribution in [0.5, 0.6) is 11.5 Å². The van der Waals surface area contributed by atoms with Crippen molar-refractivity contribution >= 4 is 68.8 Å². The van der Waals surface area contributed by atoms with Gasteiger partial charge in [-0.2, -0.15) is 0 Å². The summed E-state index contributed by atoms with van der Waals surface area (Å²) in [6, 6.07) is 8.85. The Morgan fingerprint density at radius 1 is 1.35 bits per heavy atom. The van der Waals surface area contributed by atoms with Crippen LogP contribution in [0.1, 0.15) is 11.1 Å². The molecule has 1 amide bonds. The first-order valence-electron chi connectivity index (χ1n) is 7.49. The smallest absolute Gasteiger partial charge is 0.264 e. The molecule has 0 saturated carbocycles. The third-order valence-corrected chi connectivity index (χ3v) is 5.57. The number of nitrogens with one attached hydrogen (secondary N) is 1. The van der Waals surface area contributed by atoms with Crippen LogP contribution in [0.25, 0.3) is 6.08 Å². The fraction of sp³-hybridized carbons (Fsp3) is 0.111. The zero-order chi connectivity index (χ0) is 18.8. The van der Waals surface area contributed by atoms with Crippen LogP contribution >= 0.6 is 46.0 Å². The van der Waals surface area contributed by atoms with Gasteiger partial charge in [-0.05, 0) is 88.8 Å². The summed E-state index contributed by atoms with van der Waals surface area (Å²) in [4.78, 5) is 17.2. The molecule has 0 atom stereocenters. The molecule has 1 aliphatic heterocycles. The van der Waals surface area contributed by atoms with Crippen LogP contribution in [-0.4, -0.2) is 23.3 Å². The molecule has 8 heteroatoms. The second-order valence-corrected chi connectivity index (χ2v) is 8.10. The lowest BCUT2D eigenvalue weighted by molar-refractivity contribution is -0.115. The van der Waals surface area contributed by atoms with Crippen molar-refractivity contribution in [3.63, 3.8) is 0 Å². The highest BCUT2D eigenvalue weighted by molar-refractivity contribution is 14.1. The van der Waals surface area contributed by atoms with Crippen LogP contribution in [-0.2, 0) is 4.79 Å². The maximum absolute atomic E-state index is 12.2. The Hall–Kier alpha value is -1.71. The molecule has 5 nitrogen and oxygen atoms in total. The van der Waals surface area contributed by atoms with E-state index < -0.39 is 0 Å². The second-order valence-electron chi connectivity index (χ2n) is 5.47. The summed E-state index contributed by atoms with van der Waals surface area (Å²) in [5.74, 6) is 0.222. The Balaban J connectivity index is 1.89. The van der Waals surface area contributed by atoms with Gasteiger partial charge in [-0.3, -0.25) is 4.79 Å². The molecule has 26 heavy (non-hydrogen) atoms. The standard InChI is InChI=1S/C18H14ClIN2O3S/c1-9-5-11(19)3-4-13(9)21-18-22-17(24)15(26-18)8-10-6-12(20)16(23)14(7-10)25-2/h3-8,23H,1-2H3,(H,21,22,24)/b15-8-. The Morgan fingerprint density at radius 3 is 2.81 bits per heavy atom. The van der Waals surface area contributed by atoms with Gasteiger partial charge in [-0.25, -0.2) is 4.99 Å². The van der Waals surface area contributed by atoms with Crippen LogP contribution in [0.2, 0.25) is 5.02 Å². The SMILES string of the molecule is COc1cc(/C=C2\SC(=Nc3ccc(Cl)cc3C)NC2=O)cc(I)c1O. The van der Waals surface area contributed by atoms with E-state index >= 15 is 0 Å². The van der Waals surface area contributed by atoms with Crippen molar-refractivity contribution < 1.29 is 14.6 Å². The number of ether oxygens (including phenoxy) is 1. The monoisotopic (exact) mass is 500 g/mol. The summed E-state index contributed by atoms with van der Waals surface area (Å²) in [7, 11) is 1.48. The summed E-state index contributed by atoms with van der Waals surface area (Å²) in [6.07, 6.45) is 1.74. The number of phenols is 1. The van der Waals surface area contributed by atoms with Gasteiger partial charge in [0.1, 0.15) is 0 Å². The molecular formula is C18H14ClIN2O3S. The molecular weight excluding hydrogens is 487 g/mol. The van der Waals surface area contributed by atoms with Crippen molar-refractivity contribution in [3.05, 3.63) is 55.0 Å². The number of amidine groups is 1. The Morgan fingerprint density at radius 2 is 2.12 bits per heavy atom. The van der Waals surface area contributed by atoms with Crippen molar-refractivity contribution in [2.45, 2.75) is 6.92 Å². The summed E-state index contributed by atoms with van der Waals surface area (Å²) in [5, 5.41) is 13.8. The minimum atomic E-state index is -0.220. The highest BCUT2D eigenvalue weighted by Crippen LogP contribution is 2.35. The molecule has 3 rings (SSSR count). The summed E-state index contributed by atoms with van der Waals surface area (Å²) in [6.45, 7) is 1.91. The topological polar surface area (TPSA) is 70.9 Å². The van der Waals surface area contributed by atoms with Crippen molar-refractivity contribution in [3.8, 4) is 11.5 Å². The Kier molecular flexibility index (Phi) is 5.79. The van der Waals surface area contributed by atoms with E-state index in [0.29, 0.717) is 24.4 Å². The summed E-state index contributed by atoms with van der Waals surface area (Å²) >= 11 is 9.23. The molecule has 1 saturated heterocycles. The summed E-state index contributed by atoms with van der Waals surface area (Å²) < 4.78 is 5.80. The molecule has 1 aliphatic rings. The predicted octanol–water partition coefficient (Wildman–Crippen LogP) is 4.86. The van der Waals surface area contributed by atoms with E-state index in [4.69, 9.17) is 16.3 Å². The fourth-order valence-electron chi connectivity index (χ4n) is 2.32. The van der Waals surface area contributed by atoms with E-state index in [1.54, 1.807) is 24.3 Å². The summed E-state index contributed by atoms with van der Waals surface area (Å²) in [5.41, 5.74) is 2.43. The molecule has 134 valence electrons. The van der Waals surface area contributed by atoms with E-state index in [2.05, 4.69) is 10.3 Å². The van der Waals surface area contributed by atoms with Crippen molar-refractivity contribution in [1.29, 1.82) is 0 Å². The quantitative estimate of drug-likeness (QED) is 0.466. The number of phenolic OH excluding ortho intramolecular Hbond substituents is 1. The third-order valence-electron chi connectivity index (χ3n) is 3.60. The highest BCUT2D eigenvalue weighted by Gasteiger charge is 2.24. The number of aromatic hydroxyl groups is 1. The number of aliphatic imine (C=N–C) groups is 1. The predicted molar refractivity (Wildman–Crippen MR) is 114 cm³/mol. The van der Waals surface area contributed by atoms with Gasteiger partial charge >= 0.3 is 0 Å². The van der Waals surface area contributed by atoms with Crippen LogP contribution in [0.4, 0.5) is 5.69 Å². The molecule has 0 radical (unpaired) electrons. The van der Waals surface area contributed by atoms with Crippen molar-refractivity contribution in [2.75, 3.05) is 7.11 Å². The highest BCUT2D eigenvalue weighted by atomic mass is 127. The number of hydrogen-bond acceptors (Lipinski definition) is 5. The lowest BCUT2D eigenvalue weighted by atomic mass is 10.2. The first-order chi connectivity index (χ1) is 12.4. The van der Waals surface area contributed by atoms with E-state index in [1.807, 2.05) is 41.6 Å². The number of carbonyl (C=O) groups excluding carboxylic acids is 1. The first-order valence-corrected chi connectivity index (χ1v) is 9.77. The fourth-order valence-corrected chi connectivity index (χ4v) is 4.01. The molecule has 0 aliphatic carbocycles. The van der Waals surface area contributed by atoms with Gasteiger partial charge in [0.2, 0.25) is 0 Å². The largest absolute Gasteiger partial charge is 0.504 e. The molecule has 2 N–H and O–H groups in total. The number of aryl methyl sites for hydroxylation is 1. The van der Waals surface area contributed by atoms with Crippen LogP contribution < -0.4 is 10.1 Å². The normalized spacial score (nSPS) is 17.0. The molecule has 2 aromatic rings. The lowest BCUT2D eigenvalue weighted by Gasteiger charge is -2.06. The lowest BCUT2D eigenvalue weighted by Crippen LogP contribution is -2.19.